The molecular formula is C11H8F7NO2. The average Bonchev–Trinajstić information content (AvgIpc) is 2.27. The number of anilines is 1. The van der Waals surface area contributed by atoms with Crippen LogP contribution in [0.1, 0.15) is 5.56 Å². The lowest BCUT2D eigenvalue weighted by Crippen LogP contribution is -2.36. The standard InChI is InChI=1S/C11H8F7NO2/c12-7-2-1-5(10(13,14)15)3-8(7)19-4-6(9(20)21)11(16,17)18/h1-3,6,19H,4H2,(H,20,21). The lowest BCUT2D eigenvalue weighted by Gasteiger charge is -2.18. The number of alkyl halides is 6. The number of carboxylic acids is 1. The Morgan fingerprint density at radius 2 is 1.76 bits per heavy atom. The summed E-state index contributed by atoms with van der Waals surface area (Å²) < 4.78 is 87.5. The first-order valence-electron chi connectivity index (χ1n) is 5.33. The van der Waals surface area contributed by atoms with Crippen molar-refractivity contribution in [1.82, 2.24) is 0 Å². The van der Waals surface area contributed by atoms with Crippen molar-refractivity contribution in [1.29, 1.82) is 0 Å². The topological polar surface area (TPSA) is 49.3 Å². The summed E-state index contributed by atoms with van der Waals surface area (Å²) in [6.07, 6.45) is -9.92. The summed E-state index contributed by atoms with van der Waals surface area (Å²) in [6, 6.07) is 1.11. The highest BCUT2D eigenvalue weighted by Gasteiger charge is 2.45. The van der Waals surface area contributed by atoms with Crippen LogP contribution in [-0.4, -0.2) is 23.8 Å². The summed E-state index contributed by atoms with van der Waals surface area (Å²) >= 11 is 0. The summed E-state index contributed by atoms with van der Waals surface area (Å²) in [5.41, 5.74) is -2.13. The molecule has 10 heteroatoms. The Kier molecular flexibility index (Phi) is 4.69. The SMILES string of the molecule is O=C(O)C(CNc1cc(C(F)(F)F)ccc1F)C(F)(F)F. The quantitative estimate of drug-likeness (QED) is 0.835. The van der Waals surface area contributed by atoms with Crippen molar-refractivity contribution in [3.8, 4) is 0 Å². The minimum atomic E-state index is -5.11. The van der Waals surface area contributed by atoms with Crippen LogP contribution >= 0.6 is 0 Å². The van der Waals surface area contributed by atoms with Crippen LogP contribution in [0.25, 0.3) is 0 Å². The molecule has 0 aliphatic rings. The number of carboxylic acid groups (broad SMARTS) is 1. The van der Waals surface area contributed by atoms with Gasteiger partial charge in [0.2, 0.25) is 0 Å². The van der Waals surface area contributed by atoms with Crippen molar-refractivity contribution < 1.29 is 40.6 Å². The number of benzene rings is 1. The van der Waals surface area contributed by atoms with Gasteiger partial charge in [-0.2, -0.15) is 26.3 Å². The molecule has 1 aromatic carbocycles. The van der Waals surface area contributed by atoms with Gasteiger partial charge in [0.15, 0.2) is 5.92 Å². The molecule has 0 fully saturated rings. The zero-order valence-corrected chi connectivity index (χ0v) is 10.0. The Balaban J connectivity index is 2.95. The number of carbonyl (C=O) groups is 1. The lowest BCUT2D eigenvalue weighted by atomic mass is 10.1. The van der Waals surface area contributed by atoms with Gasteiger partial charge >= 0.3 is 18.3 Å². The summed E-state index contributed by atoms with van der Waals surface area (Å²) in [5.74, 6) is -6.32. The first-order valence-corrected chi connectivity index (χ1v) is 5.33. The van der Waals surface area contributed by atoms with Crippen molar-refractivity contribution >= 4 is 11.7 Å². The molecule has 2 N–H and O–H groups in total. The maximum Gasteiger partial charge on any atom is 0.416 e. The molecule has 0 amide bonds. The van der Waals surface area contributed by atoms with Crippen LogP contribution in [0.4, 0.5) is 36.4 Å². The molecule has 0 radical (unpaired) electrons. The van der Waals surface area contributed by atoms with Crippen LogP contribution in [0.3, 0.4) is 0 Å². The predicted octanol–water partition coefficient (Wildman–Crippen LogP) is 3.52. The molecule has 3 nitrogen and oxygen atoms in total. The van der Waals surface area contributed by atoms with Gasteiger partial charge in [-0.05, 0) is 18.2 Å². The number of halogens is 7. The second kappa shape index (κ2) is 5.78. The fourth-order valence-electron chi connectivity index (χ4n) is 1.39. The third-order valence-electron chi connectivity index (χ3n) is 2.48. The predicted molar refractivity (Wildman–Crippen MR) is 57.1 cm³/mol. The molecule has 21 heavy (non-hydrogen) atoms. The first kappa shape index (κ1) is 17.1. The van der Waals surface area contributed by atoms with E-state index in [2.05, 4.69) is 0 Å². The van der Waals surface area contributed by atoms with Crippen LogP contribution in [0.5, 0.6) is 0 Å². The normalized spacial score (nSPS) is 13.9. The Morgan fingerprint density at radius 1 is 1.19 bits per heavy atom. The van der Waals surface area contributed by atoms with Crippen molar-refractivity contribution in [3.63, 3.8) is 0 Å². The van der Waals surface area contributed by atoms with E-state index in [1.165, 1.54) is 0 Å². The van der Waals surface area contributed by atoms with Crippen LogP contribution in [0.2, 0.25) is 0 Å². The molecule has 0 bridgehead atoms. The van der Waals surface area contributed by atoms with Gasteiger partial charge in [0.25, 0.3) is 0 Å². The maximum atomic E-state index is 13.2. The molecule has 0 heterocycles. The summed E-state index contributed by atoms with van der Waals surface area (Å²) in [5, 5.41) is 10.1. The Labute approximate surface area is 113 Å². The summed E-state index contributed by atoms with van der Waals surface area (Å²) in [4.78, 5) is 10.4. The van der Waals surface area contributed by atoms with Crippen molar-refractivity contribution in [2.75, 3.05) is 11.9 Å². The van der Waals surface area contributed by atoms with Gasteiger partial charge in [-0.3, -0.25) is 4.79 Å². The number of aliphatic carboxylic acids is 1. The largest absolute Gasteiger partial charge is 0.481 e. The van der Waals surface area contributed by atoms with Crippen LogP contribution in [0, 0.1) is 11.7 Å². The zero-order valence-electron chi connectivity index (χ0n) is 10.0. The minimum Gasteiger partial charge on any atom is -0.481 e. The number of hydrogen-bond acceptors (Lipinski definition) is 2. The molecule has 0 saturated carbocycles. The summed E-state index contributed by atoms with van der Waals surface area (Å²) in [7, 11) is 0. The molecule has 0 aliphatic heterocycles. The van der Waals surface area contributed by atoms with E-state index in [0.717, 1.165) is 0 Å². The highest BCUT2D eigenvalue weighted by molar-refractivity contribution is 5.71. The van der Waals surface area contributed by atoms with E-state index in [0.29, 0.717) is 12.1 Å². The van der Waals surface area contributed by atoms with Gasteiger partial charge in [0.1, 0.15) is 5.82 Å². The fourth-order valence-corrected chi connectivity index (χ4v) is 1.39. The van der Waals surface area contributed by atoms with E-state index in [9.17, 15) is 35.5 Å². The van der Waals surface area contributed by atoms with Crippen LogP contribution < -0.4 is 5.32 Å². The van der Waals surface area contributed by atoms with E-state index >= 15 is 0 Å². The molecule has 1 unspecified atom stereocenters. The highest BCUT2D eigenvalue weighted by Crippen LogP contribution is 2.32. The Bertz CT molecular complexity index is 524. The maximum absolute atomic E-state index is 13.2. The van der Waals surface area contributed by atoms with E-state index in [4.69, 9.17) is 5.11 Å². The van der Waals surface area contributed by atoms with Gasteiger partial charge in [-0.25, -0.2) is 4.39 Å². The zero-order chi connectivity index (χ0) is 16.4. The van der Waals surface area contributed by atoms with Gasteiger partial charge in [0, 0.05) is 6.54 Å². The molecule has 0 aliphatic carbocycles. The second-order valence-corrected chi connectivity index (χ2v) is 4.01. The molecule has 1 rings (SSSR count). The van der Waals surface area contributed by atoms with Crippen molar-refractivity contribution in [2.24, 2.45) is 5.92 Å². The average molecular weight is 319 g/mol. The van der Waals surface area contributed by atoms with E-state index in [1.807, 2.05) is 0 Å². The van der Waals surface area contributed by atoms with Gasteiger partial charge in [0.05, 0.1) is 11.3 Å². The van der Waals surface area contributed by atoms with E-state index in [-0.39, 0.29) is 6.07 Å². The number of rotatable bonds is 4. The Morgan fingerprint density at radius 3 is 2.19 bits per heavy atom. The minimum absolute atomic E-state index is 0.268. The van der Waals surface area contributed by atoms with Crippen molar-refractivity contribution in [3.05, 3.63) is 29.6 Å². The molecule has 1 atom stereocenters. The summed E-state index contributed by atoms with van der Waals surface area (Å²) in [6.45, 7) is -1.29. The molecule has 0 spiro atoms. The van der Waals surface area contributed by atoms with Gasteiger partial charge in [-0.1, -0.05) is 0 Å². The third kappa shape index (κ3) is 4.50. The molecular weight excluding hydrogens is 311 g/mol. The van der Waals surface area contributed by atoms with E-state index in [1.54, 1.807) is 5.32 Å². The lowest BCUT2D eigenvalue weighted by molar-refractivity contribution is -0.190. The van der Waals surface area contributed by atoms with Gasteiger partial charge < -0.3 is 10.4 Å². The van der Waals surface area contributed by atoms with E-state index < -0.39 is 47.9 Å². The molecule has 0 aromatic heterocycles. The fraction of sp³-hybridized carbons (Fsp3) is 0.364. The second-order valence-electron chi connectivity index (χ2n) is 4.01. The highest BCUT2D eigenvalue weighted by atomic mass is 19.4. The Hall–Kier alpha value is -2.00. The molecule has 118 valence electrons. The van der Waals surface area contributed by atoms with Gasteiger partial charge in [-0.15, -0.1) is 0 Å². The van der Waals surface area contributed by atoms with Crippen molar-refractivity contribution in [2.45, 2.75) is 12.4 Å². The third-order valence-corrected chi connectivity index (χ3v) is 2.48. The van der Waals surface area contributed by atoms with Crippen LogP contribution in [-0.2, 0) is 11.0 Å². The number of nitrogens with one attached hydrogen (secondary N) is 1. The van der Waals surface area contributed by atoms with Crippen LogP contribution in [0.15, 0.2) is 18.2 Å². The molecule has 0 saturated heterocycles. The molecule has 1 aromatic rings. The monoisotopic (exact) mass is 319 g/mol. The first-order chi connectivity index (χ1) is 9.43. The number of hydrogen-bond donors (Lipinski definition) is 2. The smallest absolute Gasteiger partial charge is 0.416 e.